The maximum Gasteiger partial charge on any atom is 0.184 e. The summed E-state index contributed by atoms with van der Waals surface area (Å²) in [6.45, 7) is 34.4. The average molecular weight is 641 g/mol. The molecular formula is C33H68O4Si4. The van der Waals surface area contributed by atoms with Crippen LogP contribution in [-0.2, 0) is 17.7 Å². The quantitative estimate of drug-likeness (QED) is 0.223. The molecule has 0 spiro atoms. The smallest absolute Gasteiger partial charge is 0.184 e. The Hall–Kier alpha value is 0.708. The van der Waals surface area contributed by atoms with Gasteiger partial charge in [-0.1, -0.05) is 13.8 Å². The SMILES string of the molecule is C[C@]12CCC3C(CC[C@H]4C[C@@H](O[Si](C)(C)C)CC[C@]34C)C1C[C@@H](O[Si](C)(C)C)[C@@H]2[C@@H](CO[Si](C)(C)C)O[Si](C)(C)C. The number of fused-ring (bicyclic) bond motifs is 5. The zero-order chi connectivity index (χ0) is 30.8. The van der Waals surface area contributed by atoms with E-state index in [-0.39, 0.29) is 11.5 Å². The molecule has 0 aromatic carbocycles. The molecule has 4 nitrogen and oxygen atoms in total. The van der Waals surface area contributed by atoms with E-state index in [1.165, 1.54) is 51.4 Å². The van der Waals surface area contributed by atoms with Gasteiger partial charge in [-0.2, -0.15) is 0 Å². The van der Waals surface area contributed by atoms with E-state index in [9.17, 15) is 0 Å². The Labute approximate surface area is 259 Å². The zero-order valence-electron chi connectivity index (χ0n) is 29.6. The van der Waals surface area contributed by atoms with Gasteiger partial charge in [-0.25, -0.2) is 0 Å². The standard InChI is InChI=1S/C33H68O4Si4/c1-32-19-17-25(35-39(6,7)8)21-24(32)15-16-26-27(32)18-20-33(2)28(26)22-29(36-40(9,10)11)31(33)30(37-41(12,13)14)23-34-38(3,4)5/h24-31H,15-23H2,1-14H3/t24-,25-,26?,27?,28?,29+,30+,31+,32-,33-/m0/s1. The third-order valence-corrected chi connectivity index (χ3v) is 15.4. The second-order valence-corrected chi connectivity index (χ2v) is 36.9. The van der Waals surface area contributed by atoms with Crippen LogP contribution in [0.3, 0.4) is 0 Å². The molecule has 0 aromatic rings. The van der Waals surface area contributed by atoms with Gasteiger partial charge >= 0.3 is 0 Å². The fourth-order valence-corrected chi connectivity index (χ4v) is 14.2. The van der Waals surface area contributed by atoms with E-state index < -0.39 is 33.3 Å². The lowest BCUT2D eigenvalue weighted by atomic mass is 9.44. The van der Waals surface area contributed by atoms with Crippen LogP contribution in [-0.4, -0.2) is 58.2 Å². The predicted molar refractivity (Wildman–Crippen MR) is 185 cm³/mol. The lowest BCUT2D eigenvalue weighted by molar-refractivity contribution is -0.133. The van der Waals surface area contributed by atoms with Crippen LogP contribution in [0.5, 0.6) is 0 Å². The second-order valence-electron chi connectivity index (χ2n) is 19.1. The molecule has 0 aromatic heterocycles. The highest BCUT2D eigenvalue weighted by atomic mass is 28.4. The molecule has 0 saturated heterocycles. The molecular weight excluding hydrogens is 573 g/mol. The Morgan fingerprint density at radius 2 is 1.24 bits per heavy atom. The third kappa shape index (κ3) is 8.11. The fourth-order valence-electron chi connectivity index (χ4n) is 10.1. The van der Waals surface area contributed by atoms with Crippen LogP contribution in [0.1, 0.15) is 65.2 Å². The van der Waals surface area contributed by atoms with E-state index in [1.54, 1.807) is 0 Å². The summed E-state index contributed by atoms with van der Waals surface area (Å²) in [5.41, 5.74) is 0.742. The van der Waals surface area contributed by atoms with Gasteiger partial charge in [0.1, 0.15) is 0 Å². The molecule has 0 heterocycles. The van der Waals surface area contributed by atoms with Crippen molar-refractivity contribution in [3.8, 4) is 0 Å². The molecule has 10 atom stereocenters. The molecule has 0 N–H and O–H groups in total. The third-order valence-electron chi connectivity index (χ3n) is 11.3. The van der Waals surface area contributed by atoms with E-state index in [0.717, 1.165) is 30.3 Å². The molecule has 4 saturated carbocycles. The summed E-state index contributed by atoms with van der Waals surface area (Å²) in [7, 11) is -6.66. The Bertz CT molecular complexity index is 903. The molecule has 8 heteroatoms. The van der Waals surface area contributed by atoms with Crippen molar-refractivity contribution in [3.63, 3.8) is 0 Å². The maximum absolute atomic E-state index is 7.19. The lowest BCUT2D eigenvalue weighted by Crippen LogP contribution is -2.56. The highest BCUT2D eigenvalue weighted by molar-refractivity contribution is 6.70. The number of hydrogen-bond acceptors (Lipinski definition) is 4. The Balaban J connectivity index is 1.63. The van der Waals surface area contributed by atoms with Crippen molar-refractivity contribution >= 4 is 33.3 Å². The first-order valence-electron chi connectivity index (χ1n) is 17.2. The minimum atomic E-state index is -1.77. The molecule has 0 aliphatic heterocycles. The molecule has 0 bridgehead atoms. The van der Waals surface area contributed by atoms with Crippen LogP contribution in [0.15, 0.2) is 0 Å². The van der Waals surface area contributed by atoms with Gasteiger partial charge in [-0.15, -0.1) is 0 Å². The maximum atomic E-state index is 7.19. The average Bonchev–Trinajstić information content (AvgIpc) is 3.05. The summed E-state index contributed by atoms with van der Waals surface area (Å²) in [5.74, 6) is 3.68. The molecule has 41 heavy (non-hydrogen) atoms. The molecule has 0 amide bonds. The van der Waals surface area contributed by atoms with Crippen LogP contribution in [0.2, 0.25) is 78.6 Å². The first-order chi connectivity index (χ1) is 18.5. The molecule has 4 fully saturated rings. The van der Waals surface area contributed by atoms with Crippen LogP contribution in [0.25, 0.3) is 0 Å². The van der Waals surface area contributed by atoms with Gasteiger partial charge in [0.05, 0.1) is 18.8 Å². The minimum absolute atomic E-state index is 0.141. The Morgan fingerprint density at radius 1 is 0.634 bits per heavy atom. The van der Waals surface area contributed by atoms with Gasteiger partial charge in [0.2, 0.25) is 0 Å². The Morgan fingerprint density at radius 3 is 1.80 bits per heavy atom. The predicted octanol–water partition coefficient (Wildman–Crippen LogP) is 9.77. The van der Waals surface area contributed by atoms with Crippen LogP contribution in [0, 0.1) is 40.4 Å². The second kappa shape index (κ2) is 11.8. The largest absolute Gasteiger partial charge is 0.415 e. The highest BCUT2D eigenvalue weighted by Crippen LogP contribution is 2.68. The molecule has 4 aliphatic rings. The topological polar surface area (TPSA) is 36.9 Å². The minimum Gasteiger partial charge on any atom is -0.415 e. The molecule has 3 unspecified atom stereocenters. The van der Waals surface area contributed by atoms with Gasteiger partial charge in [-0.3, -0.25) is 0 Å². The number of rotatable bonds is 10. The van der Waals surface area contributed by atoms with Gasteiger partial charge < -0.3 is 17.7 Å². The van der Waals surface area contributed by atoms with Gasteiger partial charge in [0.15, 0.2) is 33.3 Å². The Kier molecular flexibility index (Phi) is 9.96. The molecule has 0 radical (unpaired) electrons. The summed E-state index contributed by atoms with van der Waals surface area (Å²) in [5, 5.41) is 0. The van der Waals surface area contributed by atoms with E-state index in [0.29, 0.717) is 23.5 Å². The summed E-state index contributed by atoms with van der Waals surface area (Å²) >= 11 is 0. The summed E-state index contributed by atoms with van der Waals surface area (Å²) in [6.07, 6.45) is 11.6. The van der Waals surface area contributed by atoms with Crippen molar-refractivity contribution in [1.29, 1.82) is 0 Å². The molecule has 4 aliphatic carbocycles. The zero-order valence-corrected chi connectivity index (χ0v) is 33.6. The number of hydrogen-bond donors (Lipinski definition) is 0. The highest BCUT2D eigenvalue weighted by Gasteiger charge is 2.64. The van der Waals surface area contributed by atoms with Crippen molar-refractivity contribution < 1.29 is 17.7 Å². The molecule has 4 rings (SSSR count). The van der Waals surface area contributed by atoms with Gasteiger partial charge in [-0.05, 0) is 164 Å². The summed E-state index contributed by atoms with van der Waals surface area (Å²) < 4.78 is 27.7. The van der Waals surface area contributed by atoms with Crippen molar-refractivity contribution in [2.45, 2.75) is 162 Å². The van der Waals surface area contributed by atoms with Crippen molar-refractivity contribution in [2.24, 2.45) is 40.4 Å². The van der Waals surface area contributed by atoms with E-state index in [2.05, 4.69) is 92.4 Å². The molecule has 240 valence electrons. The lowest BCUT2D eigenvalue weighted by Gasteiger charge is -2.61. The van der Waals surface area contributed by atoms with E-state index in [1.807, 2.05) is 0 Å². The van der Waals surface area contributed by atoms with Crippen molar-refractivity contribution in [2.75, 3.05) is 6.61 Å². The van der Waals surface area contributed by atoms with Crippen molar-refractivity contribution in [1.82, 2.24) is 0 Å². The van der Waals surface area contributed by atoms with Crippen LogP contribution in [0.4, 0.5) is 0 Å². The summed E-state index contributed by atoms with van der Waals surface area (Å²) in [4.78, 5) is 0. The first kappa shape index (κ1) is 34.6. The fraction of sp³-hybridized carbons (Fsp3) is 1.00. The first-order valence-corrected chi connectivity index (χ1v) is 30.8. The van der Waals surface area contributed by atoms with Crippen molar-refractivity contribution in [3.05, 3.63) is 0 Å². The van der Waals surface area contributed by atoms with Crippen LogP contribution < -0.4 is 0 Å². The summed E-state index contributed by atoms with van der Waals surface area (Å²) in [6, 6.07) is 0. The monoisotopic (exact) mass is 640 g/mol. The van der Waals surface area contributed by atoms with E-state index >= 15 is 0 Å². The normalized spacial score (nSPS) is 41.0. The van der Waals surface area contributed by atoms with Crippen LogP contribution >= 0.6 is 0 Å². The van der Waals surface area contributed by atoms with Gasteiger partial charge in [0.25, 0.3) is 0 Å². The van der Waals surface area contributed by atoms with E-state index in [4.69, 9.17) is 17.7 Å². The van der Waals surface area contributed by atoms with Gasteiger partial charge in [0, 0.05) is 12.0 Å².